The highest BCUT2D eigenvalue weighted by Crippen LogP contribution is 2.33. The molecule has 1 amide bonds. The van der Waals surface area contributed by atoms with Crippen LogP contribution in [-0.4, -0.2) is 47.7 Å². The third-order valence-corrected chi connectivity index (χ3v) is 6.46. The van der Waals surface area contributed by atoms with Crippen LogP contribution in [0.25, 0.3) is 11.1 Å². The molecule has 0 bridgehead atoms. The molecule has 1 fully saturated rings. The largest absolute Gasteiger partial charge is 0.395 e. The van der Waals surface area contributed by atoms with Gasteiger partial charge in [0.2, 0.25) is 5.91 Å². The van der Waals surface area contributed by atoms with Crippen LogP contribution in [0.3, 0.4) is 0 Å². The molecule has 1 saturated heterocycles. The zero-order chi connectivity index (χ0) is 22.2. The van der Waals surface area contributed by atoms with Gasteiger partial charge in [0.15, 0.2) is 0 Å². The van der Waals surface area contributed by atoms with Crippen LogP contribution in [0.4, 0.5) is 5.69 Å². The number of benzene rings is 1. The quantitative estimate of drug-likeness (QED) is 0.489. The van der Waals surface area contributed by atoms with E-state index in [2.05, 4.69) is 59.0 Å². The van der Waals surface area contributed by atoms with E-state index in [9.17, 15) is 9.90 Å². The van der Waals surface area contributed by atoms with E-state index >= 15 is 0 Å². The topological polar surface area (TPSA) is 88.4 Å². The van der Waals surface area contributed by atoms with Gasteiger partial charge in [0.05, 0.1) is 18.4 Å². The third kappa shape index (κ3) is 6.30. The number of nitriles is 1. The normalized spacial score (nSPS) is 17.5. The van der Waals surface area contributed by atoms with Crippen LogP contribution in [0.5, 0.6) is 0 Å². The lowest BCUT2D eigenvalue weighted by Gasteiger charge is -2.23. The van der Waals surface area contributed by atoms with Gasteiger partial charge in [-0.25, -0.2) is 0 Å². The molecule has 1 aliphatic rings. The van der Waals surface area contributed by atoms with Crippen LogP contribution in [-0.2, 0) is 11.3 Å². The number of nitrogens with one attached hydrogen (secondary N) is 2. The molecule has 3 rings (SSSR count). The fourth-order valence-corrected chi connectivity index (χ4v) is 4.91. The second-order valence-electron chi connectivity index (χ2n) is 8.55. The number of amides is 1. The minimum Gasteiger partial charge on any atom is -0.395 e. The highest BCUT2D eigenvalue weighted by molar-refractivity contribution is 7.08. The molecule has 31 heavy (non-hydrogen) atoms. The summed E-state index contributed by atoms with van der Waals surface area (Å²) in [5.41, 5.74) is 4.36. The first-order valence-electron chi connectivity index (χ1n) is 10.9. The highest BCUT2D eigenvalue weighted by atomic mass is 32.1. The number of aliphatic hydroxyl groups is 1. The maximum atomic E-state index is 12.5. The van der Waals surface area contributed by atoms with Crippen molar-refractivity contribution >= 4 is 22.9 Å². The van der Waals surface area contributed by atoms with Gasteiger partial charge in [0.1, 0.15) is 12.6 Å². The van der Waals surface area contributed by atoms with Crippen LogP contribution in [0.1, 0.15) is 38.7 Å². The molecular formula is C24H32N4O2S. The van der Waals surface area contributed by atoms with Crippen LogP contribution < -0.4 is 10.6 Å². The summed E-state index contributed by atoms with van der Waals surface area (Å²) < 4.78 is 0. The Hall–Kier alpha value is -2.40. The smallest absolute Gasteiger partial charge is 0.243 e. The molecule has 0 radical (unpaired) electrons. The summed E-state index contributed by atoms with van der Waals surface area (Å²) in [7, 11) is 0. The highest BCUT2D eigenvalue weighted by Gasteiger charge is 2.24. The van der Waals surface area contributed by atoms with E-state index in [4.69, 9.17) is 5.26 Å². The second-order valence-corrected chi connectivity index (χ2v) is 9.29. The average Bonchev–Trinajstić information content (AvgIpc) is 3.41. The van der Waals surface area contributed by atoms with Gasteiger partial charge in [-0.15, -0.1) is 11.3 Å². The van der Waals surface area contributed by atoms with Gasteiger partial charge in [-0.3, -0.25) is 9.69 Å². The number of thiophene rings is 1. The van der Waals surface area contributed by atoms with E-state index in [1.54, 1.807) is 11.3 Å². The van der Waals surface area contributed by atoms with Crippen molar-refractivity contribution in [2.45, 2.75) is 51.7 Å². The van der Waals surface area contributed by atoms with Crippen LogP contribution in [0.2, 0.25) is 0 Å². The summed E-state index contributed by atoms with van der Waals surface area (Å²) >= 11 is 1.60. The molecule has 166 valence electrons. The third-order valence-electron chi connectivity index (χ3n) is 5.72. The number of hydrogen-bond acceptors (Lipinski definition) is 6. The number of aliphatic hydroxyl groups excluding tert-OH is 1. The molecule has 3 N–H and O–H groups in total. The predicted octanol–water partition coefficient (Wildman–Crippen LogP) is 3.84. The van der Waals surface area contributed by atoms with Crippen molar-refractivity contribution in [3.05, 3.63) is 40.6 Å². The Labute approximate surface area is 188 Å². The van der Waals surface area contributed by atoms with Gasteiger partial charge in [-0.2, -0.15) is 5.26 Å². The predicted molar refractivity (Wildman–Crippen MR) is 126 cm³/mol. The monoisotopic (exact) mass is 440 g/mol. The van der Waals surface area contributed by atoms with E-state index in [0.29, 0.717) is 12.3 Å². The number of anilines is 1. The maximum Gasteiger partial charge on any atom is 0.243 e. The lowest BCUT2D eigenvalue weighted by atomic mass is 10.0. The number of likely N-dealkylation sites (tertiary alicyclic amines) is 1. The zero-order valence-corrected chi connectivity index (χ0v) is 19.1. The summed E-state index contributed by atoms with van der Waals surface area (Å²) in [5, 5.41) is 28.5. The molecule has 2 heterocycles. The van der Waals surface area contributed by atoms with Gasteiger partial charge in [-0.05, 0) is 42.9 Å². The van der Waals surface area contributed by atoms with Crippen molar-refractivity contribution in [2.24, 2.45) is 5.92 Å². The van der Waals surface area contributed by atoms with Crippen molar-refractivity contribution < 1.29 is 9.90 Å². The molecule has 1 aliphatic heterocycles. The minimum atomic E-state index is -0.383. The molecule has 7 heteroatoms. The molecule has 1 aromatic heterocycles. The number of carbonyl (C=O) groups excluding carboxylic acids is 1. The zero-order valence-electron chi connectivity index (χ0n) is 18.3. The number of nitrogens with zero attached hydrogens (tertiary/aromatic N) is 2. The fourth-order valence-electron chi connectivity index (χ4n) is 4.11. The van der Waals surface area contributed by atoms with E-state index in [1.807, 2.05) is 11.4 Å². The molecule has 0 aliphatic carbocycles. The van der Waals surface area contributed by atoms with Crippen LogP contribution in [0.15, 0.2) is 35.0 Å². The summed E-state index contributed by atoms with van der Waals surface area (Å²) in [6.45, 7) is 6.30. The Balaban J connectivity index is 1.71. The van der Waals surface area contributed by atoms with Gasteiger partial charge in [-0.1, -0.05) is 38.1 Å². The SMILES string of the molecule is CC(C)C[C@H](Nc1cscc1-c1ccc(CN2CCC[C@H]2CO)cc1)C(=O)NCC#N. The molecule has 1 aromatic carbocycles. The maximum absolute atomic E-state index is 12.5. The van der Waals surface area contributed by atoms with E-state index in [0.717, 1.165) is 42.7 Å². The molecule has 6 nitrogen and oxygen atoms in total. The molecular weight excluding hydrogens is 408 g/mol. The van der Waals surface area contributed by atoms with Gasteiger partial charge in [0.25, 0.3) is 0 Å². The molecule has 2 aromatic rings. The first kappa shape index (κ1) is 23.3. The lowest BCUT2D eigenvalue weighted by Crippen LogP contribution is -2.40. The summed E-state index contributed by atoms with van der Waals surface area (Å²) in [4.78, 5) is 14.9. The van der Waals surface area contributed by atoms with E-state index in [1.165, 1.54) is 5.56 Å². The first-order chi connectivity index (χ1) is 15.0. The Bertz CT molecular complexity index is 888. The second kappa shape index (κ2) is 11.3. The first-order valence-corrected chi connectivity index (χ1v) is 11.9. The van der Waals surface area contributed by atoms with E-state index < -0.39 is 0 Å². The van der Waals surface area contributed by atoms with Crippen molar-refractivity contribution in [1.29, 1.82) is 5.26 Å². The minimum absolute atomic E-state index is 0.0151. The van der Waals surface area contributed by atoms with Gasteiger partial charge >= 0.3 is 0 Å². The summed E-state index contributed by atoms with van der Waals surface area (Å²) in [5.74, 6) is 0.201. The number of carbonyl (C=O) groups is 1. The molecule has 0 unspecified atom stereocenters. The van der Waals surface area contributed by atoms with Gasteiger partial charge in [0, 0.05) is 28.9 Å². The molecule has 0 spiro atoms. The van der Waals surface area contributed by atoms with Crippen molar-refractivity contribution in [3.8, 4) is 17.2 Å². The average molecular weight is 441 g/mol. The van der Waals surface area contributed by atoms with Crippen LogP contribution in [0, 0.1) is 17.2 Å². The summed E-state index contributed by atoms with van der Waals surface area (Å²) in [6, 6.07) is 10.4. The van der Waals surface area contributed by atoms with Crippen molar-refractivity contribution in [3.63, 3.8) is 0 Å². The number of rotatable bonds is 10. The Morgan fingerprint density at radius 3 is 2.77 bits per heavy atom. The Morgan fingerprint density at radius 2 is 2.10 bits per heavy atom. The van der Waals surface area contributed by atoms with E-state index in [-0.39, 0.29) is 31.1 Å². The van der Waals surface area contributed by atoms with Crippen molar-refractivity contribution in [1.82, 2.24) is 10.2 Å². The Morgan fingerprint density at radius 1 is 1.32 bits per heavy atom. The summed E-state index contributed by atoms with van der Waals surface area (Å²) in [6.07, 6.45) is 2.90. The number of hydrogen-bond donors (Lipinski definition) is 3. The standard InChI is InChI=1S/C24H32N4O2S/c1-17(2)12-22(24(30)26-10-9-25)27-23-16-31-15-21(23)19-7-5-18(6-8-19)13-28-11-3-4-20(28)14-29/h5-8,15-17,20,22,27,29H,3-4,10-14H2,1-2H3,(H,26,30)/t20-,22-/m0/s1. The fraction of sp³-hybridized carbons (Fsp3) is 0.500. The molecule has 0 saturated carbocycles. The lowest BCUT2D eigenvalue weighted by molar-refractivity contribution is -0.121. The van der Waals surface area contributed by atoms with Crippen molar-refractivity contribution in [2.75, 3.05) is 25.0 Å². The van der Waals surface area contributed by atoms with Crippen LogP contribution >= 0.6 is 11.3 Å². The Kier molecular flexibility index (Phi) is 8.47. The van der Waals surface area contributed by atoms with Gasteiger partial charge < -0.3 is 15.7 Å². The molecule has 2 atom stereocenters.